The Morgan fingerprint density at radius 1 is 0.536 bits per heavy atom. The van der Waals surface area contributed by atoms with Gasteiger partial charge in [-0.05, 0) is 44.9 Å². The summed E-state index contributed by atoms with van der Waals surface area (Å²) in [7, 11) is 5.41. The normalized spacial score (nSPS) is 13.1. The third kappa shape index (κ3) is 37.4. The van der Waals surface area contributed by atoms with E-state index in [1.54, 1.807) is 21.1 Å². The number of ether oxygens (including phenoxy) is 3. The van der Waals surface area contributed by atoms with Crippen LogP contribution in [0.1, 0.15) is 213 Å². The third-order valence-corrected chi connectivity index (χ3v) is 10.6. The maximum absolute atomic E-state index is 12.7. The zero-order chi connectivity index (χ0) is 41.4. The number of esters is 2. The second-order valence-corrected chi connectivity index (χ2v) is 17.0. The number of likely N-dealkylation sites (N-methyl/N-ethyl adjacent to an activating group) is 1. The fraction of sp³-hybridized carbons (Fsp3) is 0.854. The molecule has 0 amide bonds. The van der Waals surface area contributed by atoms with E-state index in [2.05, 4.69) is 38.2 Å². The van der Waals surface area contributed by atoms with Crippen LogP contribution in [0, 0.1) is 0 Å². The van der Waals surface area contributed by atoms with E-state index in [4.69, 9.17) is 14.2 Å². The highest BCUT2D eigenvalue weighted by Gasteiger charge is 2.25. The number of carboxylic acids is 1. The summed E-state index contributed by atoms with van der Waals surface area (Å²) < 4.78 is 17.2. The number of carbonyl (C=O) groups excluding carboxylic acids is 3. The maximum Gasteiger partial charge on any atom is 0.306 e. The van der Waals surface area contributed by atoms with E-state index in [0.29, 0.717) is 12.8 Å². The van der Waals surface area contributed by atoms with Crippen molar-refractivity contribution in [3.8, 4) is 0 Å². The van der Waals surface area contributed by atoms with Gasteiger partial charge in [-0.25, -0.2) is 0 Å². The highest BCUT2D eigenvalue weighted by Crippen LogP contribution is 2.15. The maximum atomic E-state index is 12.7. The topological polar surface area (TPSA) is 102 Å². The molecule has 0 aromatic carbocycles. The van der Waals surface area contributed by atoms with E-state index >= 15 is 0 Å². The standard InChI is InChI=1S/C48H89NO7/c1-6-8-10-12-14-16-18-20-21-22-23-24-25-27-29-31-33-35-37-39-47(51)56-44(42-54-41-40-45(48(52)53)49(3,4)5)43-55-46(50)38-36-34-32-30-28-26-19-17-15-13-11-9-7-2/h14,16,20-21,44-45H,6-13,15,17-19,22-43H2,1-5H3/b16-14-,21-20-. The highest BCUT2D eigenvalue weighted by molar-refractivity contribution is 5.70. The van der Waals surface area contributed by atoms with E-state index in [1.165, 1.54) is 135 Å². The van der Waals surface area contributed by atoms with E-state index in [0.717, 1.165) is 44.9 Å². The van der Waals surface area contributed by atoms with E-state index in [-0.39, 0.29) is 42.7 Å². The van der Waals surface area contributed by atoms with E-state index in [9.17, 15) is 19.5 Å². The van der Waals surface area contributed by atoms with Gasteiger partial charge in [0.2, 0.25) is 0 Å². The Bertz CT molecular complexity index is 973. The van der Waals surface area contributed by atoms with Gasteiger partial charge in [-0.15, -0.1) is 0 Å². The summed E-state index contributed by atoms with van der Waals surface area (Å²) in [4.78, 5) is 36.9. The first-order valence-corrected chi connectivity index (χ1v) is 23.4. The minimum atomic E-state index is -1.12. The van der Waals surface area contributed by atoms with Crippen LogP contribution in [0.15, 0.2) is 24.3 Å². The van der Waals surface area contributed by atoms with Crippen molar-refractivity contribution in [2.45, 2.75) is 225 Å². The molecule has 0 aromatic rings. The van der Waals surface area contributed by atoms with Gasteiger partial charge in [0.15, 0.2) is 6.10 Å². The first-order valence-electron chi connectivity index (χ1n) is 23.4. The molecule has 0 saturated carbocycles. The van der Waals surface area contributed by atoms with Gasteiger partial charge in [-0.1, -0.05) is 173 Å². The molecule has 0 heterocycles. The van der Waals surface area contributed by atoms with Crippen molar-refractivity contribution in [2.75, 3.05) is 41.0 Å². The zero-order valence-electron chi connectivity index (χ0n) is 37.3. The van der Waals surface area contributed by atoms with E-state index < -0.39 is 18.1 Å². The smallest absolute Gasteiger partial charge is 0.306 e. The molecule has 0 aromatic heterocycles. The average molecular weight is 792 g/mol. The Labute approximate surface area is 345 Å². The number of carboxylic acid groups (broad SMARTS) is 1. The molecule has 0 rings (SSSR count). The van der Waals surface area contributed by atoms with Crippen molar-refractivity contribution >= 4 is 17.9 Å². The Balaban J connectivity index is 4.28. The van der Waals surface area contributed by atoms with Gasteiger partial charge in [-0.2, -0.15) is 0 Å². The largest absolute Gasteiger partial charge is 0.544 e. The molecule has 0 bridgehead atoms. The molecule has 0 aliphatic carbocycles. The van der Waals surface area contributed by atoms with Crippen LogP contribution in [0.2, 0.25) is 0 Å². The van der Waals surface area contributed by atoms with Gasteiger partial charge in [0.25, 0.3) is 0 Å². The number of nitrogens with zero attached hydrogens (tertiary/aromatic N) is 1. The number of quaternary nitrogens is 1. The van der Waals surface area contributed by atoms with E-state index in [1.807, 2.05) is 0 Å². The summed E-state index contributed by atoms with van der Waals surface area (Å²) >= 11 is 0. The second kappa shape index (κ2) is 39.6. The Hall–Kier alpha value is -2.19. The molecule has 0 radical (unpaired) electrons. The van der Waals surface area contributed by atoms with Gasteiger partial charge >= 0.3 is 11.9 Å². The van der Waals surface area contributed by atoms with Gasteiger partial charge in [0, 0.05) is 19.3 Å². The summed E-state index contributed by atoms with van der Waals surface area (Å²) in [5.74, 6) is -1.73. The molecule has 8 nitrogen and oxygen atoms in total. The number of unbranched alkanes of at least 4 members (excludes halogenated alkanes) is 24. The highest BCUT2D eigenvalue weighted by atomic mass is 16.6. The van der Waals surface area contributed by atoms with Gasteiger partial charge in [0.05, 0.1) is 40.3 Å². The molecular formula is C48H89NO7. The predicted molar refractivity (Wildman–Crippen MR) is 231 cm³/mol. The predicted octanol–water partition coefficient (Wildman–Crippen LogP) is 11.5. The molecule has 0 aliphatic rings. The van der Waals surface area contributed by atoms with Crippen LogP contribution >= 0.6 is 0 Å². The average Bonchev–Trinajstić information content (AvgIpc) is 3.15. The van der Waals surface area contributed by atoms with Crippen molar-refractivity contribution < 1.29 is 38.2 Å². The lowest BCUT2D eigenvalue weighted by molar-refractivity contribution is -0.889. The first-order chi connectivity index (χ1) is 27.1. The third-order valence-electron chi connectivity index (χ3n) is 10.6. The van der Waals surface area contributed by atoms with Crippen LogP contribution in [0.4, 0.5) is 0 Å². The number of hydrogen-bond acceptors (Lipinski definition) is 7. The fourth-order valence-electron chi connectivity index (χ4n) is 6.93. The number of aliphatic carboxylic acids is 1. The van der Waals surface area contributed by atoms with Crippen molar-refractivity contribution in [3.05, 3.63) is 24.3 Å². The van der Waals surface area contributed by atoms with Gasteiger partial charge in [0.1, 0.15) is 12.6 Å². The lowest BCUT2D eigenvalue weighted by atomic mass is 10.0. The van der Waals surface area contributed by atoms with Crippen LogP contribution in [-0.4, -0.2) is 75.5 Å². The summed E-state index contributed by atoms with van der Waals surface area (Å²) in [6, 6.07) is -0.723. The monoisotopic (exact) mass is 792 g/mol. The first kappa shape index (κ1) is 53.8. The molecule has 0 fully saturated rings. The molecule has 0 N–H and O–H groups in total. The lowest BCUT2D eigenvalue weighted by Crippen LogP contribution is -2.55. The molecule has 0 spiro atoms. The molecule has 2 atom stereocenters. The molecule has 0 saturated heterocycles. The van der Waals surface area contributed by atoms with Crippen molar-refractivity contribution in [1.82, 2.24) is 0 Å². The van der Waals surface area contributed by atoms with Crippen LogP contribution in [0.25, 0.3) is 0 Å². The molecule has 328 valence electrons. The number of rotatable bonds is 42. The molecular weight excluding hydrogens is 703 g/mol. The van der Waals surface area contributed by atoms with Crippen molar-refractivity contribution in [2.24, 2.45) is 0 Å². The van der Waals surface area contributed by atoms with Crippen LogP contribution < -0.4 is 5.11 Å². The molecule has 0 aliphatic heterocycles. The number of allylic oxidation sites excluding steroid dienone is 4. The Morgan fingerprint density at radius 2 is 0.946 bits per heavy atom. The zero-order valence-corrected chi connectivity index (χ0v) is 37.3. The Morgan fingerprint density at radius 3 is 1.41 bits per heavy atom. The Kier molecular flexibility index (Phi) is 38.1. The van der Waals surface area contributed by atoms with Gasteiger partial charge in [-0.3, -0.25) is 9.59 Å². The number of carbonyl (C=O) groups is 3. The molecule has 2 unspecified atom stereocenters. The molecule has 56 heavy (non-hydrogen) atoms. The number of hydrogen-bond donors (Lipinski definition) is 0. The second-order valence-electron chi connectivity index (χ2n) is 17.0. The summed E-state index contributed by atoms with van der Waals surface area (Å²) in [6.45, 7) is 4.65. The van der Waals surface area contributed by atoms with Crippen LogP contribution in [-0.2, 0) is 28.6 Å². The van der Waals surface area contributed by atoms with Crippen molar-refractivity contribution in [1.29, 1.82) is 0 Å². The van der Waals surface area contributed by atoms with Gasteiger partial charge < -0.3 is 28.6 Å². The van der Waals surface area contributed by atoms with Crippen molar-refractivity contribution in [3.63, 3.8) is 0 Å². The van der Waals surface area contributed by atoms with Crippen LogP contribution in [0.3, 0.4) is 0 Å². The minimum Gasteiger partial charge on any atom is -0.544 e. The minimum absolute atomic E-state index is 0.0432. The summed E-state index contributed by atoms with van der Waals surface area (Å²) in [5, 5.41) is 11.6. The fourth-order valence-corrected chi connectivity index (χ4v) is 6.93. The quantitative estimate of drug-likeness (QED) is 0.0262. The molecule has 8 heteroatoms. The lowest BCUT2D eigenvalue weighted by Gasteiger charge is -2.34. The van der Waals surface area contributed by atoms with Crippen LogP contribution in [0.5, 0.6) is 0 Å². The summed E-state index contributed by atoms with van der Waals surface area (Å²) in [5.41, 5.74) is 0. The SMILES string of the molecule is CCCCC/C=C\C/C=C\CCCCCCCCCCCC(=O)OC(COCCC(C(=O)[O-])[N+](C)(C)C)COC(=O)CCCCCCCCCCCCCCC. The summed E-state index contributed by atoms with van der Waals surface area (Å²) in [6.07, 6.45) is 43.4.